The van der Waals surface area contributed by atoms with Crippen molar-refractivity contribution in [1.82, 2.24) is 4.98 Å². The van der Waals surface area contributed by atoms with Gasteiger partial charge in [-0.05, 0) is 28.1 Å². The molecular weight excluding hydrogens is 284 g/mol. The van der Waals surface area contributed by atoms with E-state index in [9.17, 15) is 0 Å². The number of anilines is 1. The maximum Gasteiger partial charge on any atom is 0.126 e. The van der Waals surface area contributed by atoms with Gasteiger partial charge >= 0.3 is 0 Å². The summed E-state index contributed by atoms with van der Waals surface area (Å²) in [7, 11) is 0. The van der Waals surface area contributed by atoms with E-state index >= 15 is 0 Å². The molecule has 0 aliphatic heterocycles. The number of hydrogen-bond acceptors (Lipinski definition) is 2. The molecule has 0 aliphatic rings. The molecule has 0 aromatic carbocycles. The Labute approximate surface area is 88.3 Å². The summed E-state index contributed by atoms with van der Waals surface area (Å²) in [4.78, 5) is 4.13. The van der Waals surface area contributed by atoms with E-state index in [0.717, 1.165) is 14.8 Å². The lowest BCUT2D eigenvalue weighted by molar-refractivity contribution is 1.22. The third-order valence-electron chi connectivity index (χ3n) is 1.19. The van der Waals surface area contributed by atoms with Crippen molar-refractivity contribution in [2.24, 2.45) is 0 Å². The van der Waals surface area contributed by atoms with Gasteiger partial charge in [-0.15, -0.1) is 0 Å². The lowest BCUT2D eigenvalue weighted by atomic mass is 10.4. The van der Waals surface area contributed by atoms with Gasteiger partial charge in [-0.3, -0.25) is 0 Å². The quantitative estimate of drug-likeness (QED) is 0.925. The first-order valence-electron chi connectivity index (χ1n) is 3.37. The molecule has 1 heterocycles. The summed E-state index contributed by atoms with van der Waals surface area (Å²) in [6.07, 6.45) is 1.75. The molecule has 0 bridgehead atoms. The van der Waals surface area contributed by atoms with Crippen LogP contribution in [0.2, 0.25) is 0 Å². The molecule has 0 fully saturated rings. The Hall–Kier alpha value is -0.350. The number of halogens is 2. The fourth-order valence-electron chi connectivity index (χ4n) is 0.667. The second-order valence-electron chi connectivity index (χ2n) is 2.23. The van der Waals surface area contributed by atoms with Crippen LogP contribution in [0.3, 0.4) is 0 Å². The first-order chi connectivity index (χ1) is 5.68. The standard InChI is InChI=1S/C8H8Br2N2/c1-6(9)4-11-8-3-2-7(10)5-12-8/h2-3,5H,1,4H2,(H,11,12). The molecule has 2 nitrogen and oxygen atoms in total. The van der Waals surface area contributed by atoms with Gasteiger partial charge in [-0.1, -0.05) is 22.5 Å². The van der Waals surface area contributed by atoms with Crippen LogP contribution < -0.4 is 5.32 Å². The smallest absolute Gasteiger partial charge is 0.126 e. The summed E-state index contributed by atoms with van der Waals surface area (Å²) in [6.45, 7) is 4.39. The molecule has 0 atom stereocenters. The van der Waals surface area contributed by atoms with Gasteiger partial charge in [0.2, 0.25) is 0 Å². The molecule has 1 N–H and O–H groups in total. The molecule has 1 aromatic rings. The Bertz CT molecular complexity index is 269. The van der Waals surface area contributed by atoms with E-state index in [-0.39, 0.29) is 0 Å². The molecule has 1 aromatic heterocycles. The fraction of sp³-hybridized carbons (Fsp3) is 0.125. The van der Waals surface area contributed by atoms with Crippen molar-refractivity contribution in [2.45, 2.75) is 0 Å². The highest BCUT2D eigenvalue weighted by Crippen LogP contribution is 2.11. The second-order valence-corrected chi connectivity index (χ2v) is 4.27. The molecule has 0 aliphatic carbocycles. The van der Waals surface area contributed by atoms with Crippen molar-refractivity contribution >= 4 is 37.7 Å². The summed E-state index contributed by atoms with van der Waals surface area (Å²) in [5, 5.41) is 3.09. The largest absolute Gasteiger partial charge is 0.365 e. The van der Waals surface area contributed by atoms with E-state index in [1.807, 2.05) is 12.1 Å². The van der Waals surface area contributed by atoms with Gasteiger partial charge in [-0.25, -0.2) is 4.98 Å². The molecule has 4 heteroatoms. The average Bonchev–Trinajstić information content (AvgIpc) is 2.03. The summed E-state index contributed by atoms with van der Waals surface area (Å²) in [5.41, 5.74) is 0. The van der Waals surface area contributed by atoms with Crippen molar-refractivity contribution in [3.8, 4) is 0 Å². The van der Waals surface area contributed by atoms with Crippen LogP contribution in [-0.4, -0.2) is 11.5 Å². The van der Waals surface area contributed by atoms with E-state index in [4.69, 9.17) is 0 Å². The maximum absolute atomic E-state index is 4.13. The molecular formula is C8H8Br2N2. The number of hydrogen-bond donors (Lipinski definition) is 1. The Morgan fingerprint density at radius 1 is 1.58 bits per heavy atom. The van der Waals surface area contributed by atoms with Crippen LogP contribution >= 0.6 is 31.9 Å². The lowest BCUT2D eigenvalue weighted by Gasteiger charge is -2.02. The Morgan fingerprint density at radius 3 is 2.83 bits per heavy atom. The van der Waals surface area contributed by atoms with Gasteiger partial charge in [0.05, 0.1) is 0 Å². The number of aromatic nitrogens is 1. The van der Waals surface area contributed by atoms with Gasteiger partial charge in [0.15, 0.2) is 0 Å². The van der Waals surface area contributed by atoms with Crippen LogP contribution in [0.25, 0.3) is 0 Å². The van der Waals surface area contributed by atoms with Gasteiger partial charge in [-0.2, -0.15) is 0 Å². The van der Waals surface area contributed by atoms with Gasteiger partial charge < -0.3 is 5.32 Å². The normalized spacial score (nSPS) is 9.50. The minimum absolute atomic E-state index is 0.689. The van der Waals surface area contributed by atoms with E-state index in [1.54, 1.807) is 6.20 Å². The van der Waals surface area contributed by atoms with Crippen LogP contribution in [0.1, 0.15) is 0 Å². The van der Waals surface area contributed by atoms with Crippen molar-refractivity contribution in [1.29, 1.82) is 0 Å². The number of nitrogens with zero attached hydrogens (tertiary/aromatic N) is 1. The number of pyridine rings is 1. The number of rotatable bonds is 3. The highest BCUT2D eigenvalue weighted by atomic mass is 79.9. The van der Waals surface area contributed by atoms with Crippen molar-refractivity contribution in [3.63, 3.8) is 0 Å². The molecule has 0 spiro atoms. The Balaban J connectivity index is 2.53. The van der Waals surface area contributed by atoms with Crippen LogP contribution in [-0.2, 0) is 0 Å². The SMILES string of the molecule is C=C(Br)CNc1ccc(Br)cn1. The highest BCUT2D eigenvalue weighted by Gasteiger charge is 1.92. The third kappa shape index (κ3) is 3.36. The summed E-state index contributed by atoms with van der Waals surface area (Å²) in [6, 6.07) is 3.84. The first-order valence-corrected chi connectivity index (χ1v) is 4.96. The van der Waals surface area contributed by atoms with Crippen LogP contribution in [0.15, 0.2) is 33.9 Å². The summed E-state index contributed by atoms with van der Waals surface area (Å²) >= 11 is 6.56. The molecule has 12 heavy (non-hydrogen) atoms. The predicted molar refractivity (Wildman–Crippen MR) is 58.5 cm³/mol. The number of nitrogens with one attached hydrogen (secondary N) is 1. The zero-order chi connectivity index (χ0) is 8.97. The Morgan fingerprint density at radius 2 is 2.33 bits per heavy atom. The van der Waals surface area contributed by atoms with Crippen LogP contribution in [0.4, 0.5) is 5.82 Å². The molecule has 0 unspecified atom stereocenters. The average molecular weight is 292 g/mol. The third-order valence-corrected chi connectivity index (χ3v) is 1.94. The van der Waals surface area contributed by atoms with Crippen molar-refractivity contribution < 1.29 is 0 Å². The van der Waals surface area contributed by atoms with Gasteiger partial charge in [0, 0.05) is 21.7 Å². The van der Waals surface area contributed by atoms with Crippen molar-refractivity contribution in [2.75, 3.05) is 11.9 Å². The molecule has 0 saturated heterocycles. The van der Waals surface area contributed by atoms with Crippen molar-refractivity contribution in [3.05, 3.63) is 33.9 Å². The van der Waals surface area contributed by atoms with Crippen LogP contribution in [0, 0.1) is 0 Å². The highest BCUT2D eigenvalue weighted by molar-refractivity contribution is 9.11. The van der Waals surface area contributed by atoms with E-state index in [2.05, 4.69) is 48.7 Å². The maximum atomic E-state index is 4.13. The molecule has 1 rings (SSSR count). The van der Waals surface area contributed by atoms with E-state index < -0.39 is 0 Å². The monoisotopic (exact) mass is 290 g/mol. The predicted octanol–water partition coefficient (Wildman–Crippen LogP) is 3.16. The second kappa shape index (κ2) is 4.62. The molecule has 0 saturated carbocycles. The molecule has 0 radical (unpaired) electrons. The van der Waals surface area contributed by atoms with Gasteiger partial charge in [0.1, 0.15) is 5.82 Å². The summed E-state index contributed by atoms with van der Waals surface area (Å²) < 4.78 is 1.89. The minimum atomic E-state index is 0.689. The van der Waals surface area contributed by atoms with Gasteiger partial charge in [0.25, 0.3) is 0 Å². The lowest BCUT2D eigenvalue weighted by Crippen LogP contribution is -2.01. The summed E-state index contributed by atoms with van der Waals surface area (Å²) in [5.74, 6) is 0.846. The minimum Gasteiger partial charge on any atom is -0.365 e. The van der Waals surface area contributed by atoms with E-state index in [0.29, 0.717) is 6.54 Å². The molecule has 64 valence electrons. The topological polar surface area (TPSA) is 24.9 Å². The molecule has 0 amide bonds. The zero-order valence-corrected chi connectivity index (χ0v) is 9.52. The first kappa shape index (κ1) is 9.74. The van der Waals surface area contributed by atoms with E-state index in [1.165, 1.54) is 0 Å². The zero-order valence-electron chi connectivity index (χ0n) is 6.35. The fourth-order valence-corrected chi connectivity index (χ4v) is 1.04. The Kier molecular flexibility index (Phi) is 3.75. The van der Waals surface area contributed by atoms with Crippen LogP contribution in [0.5, 0.6) is 0 Å².